The predicted octanol–water partition coefficient (Wildman–Crippen LogP) is 2.15. The van der Waals surface area contributed by atoms with Crippen LogP contribution in [-0.2, 0) is 0 Å². The Bertz CT molecular complexity index is 993. The average Bonchev–Trinajstić information content (AvgIpc) is 2.94. The van der Waals surface area contributed by atoms with Crippen molar-refractivity contribution in [3.8, 4) is 0 Å². The van der Waals surface area contributed by atoms with Gasteiger partial charge in [-0.3, -0.25) is 4.79 Å². The summed E-state index contributed by atoms with van der Waals surface area (Å²) < 4.78 is 1.48. The largest absolute Gasteiger partial charge is 0.478 e. The van der Waals surface area contributed by atoms with Crippen LogP contribution >= 0.6 is 0 Å². The van der Waals surface area contributed by atoms with Gasteiger partial charge in [-0.1, -0.05) is 6.07 Å². The van der Waals surface area contributed by atoms with E-state index < -0.39 is 5.97 Å². The number of aromatic carboxylic acids is 1. The van der Waals surface area contributed by atoms with E-state index in [-0.39, 0.29) is 11.5 Å². The summed E-state index contributed by atoms with van der Waals surface area (Å²) in [4.78, 5) is 27.4. The van der Waals surface area contributed by atoms with E-state index in [0.717, 1.165) is 5.56 Å². The number of carboxylic acids is 1. The lowest BCUT2D eigenvalue weighted by Gasteiger charge is -2.12. The smallest absolute Gasteiger partial charge is 0.337 e. The van der Waals surface area contributed by atoms with Gasteiger partial charge in [0.05, 0.1) is 5.56 Å². The molecule has 0 fully saturated rings. The summed E-state index contributed by atoms with van der Waals surface area (Å²) in [5, 5.41) is 19.1. The molecular formula is C17H17N5O3. The predicted molar refractivity (Wildman–Crippen MR) is 92.5 cm³/mol. The minimum Gasteiger partial charge on any atom is -0.478 e. The number of benzene rings is 1. The van der Waals surface area contributed by atoms with Gasteiger partial charge in [0.15, 0.2) is 5.82 Å². The first-order valence-electron chi connectivity index (χ1n) is 7.58. The number of carbonyl (C=O) groups excluding carboxylic acids is 1. The van der Waals surface area contributed by atoms with Gasteiger partial charge in [0.1, 0.15) is 11.8 Å². The minimum absolute atomic E-state index is 0.166. The number of hydrogen-bond acceptors (Lipinski definition) is 5. The molecule has 0 spiro atoms. The zero-order chi connectivity index (χ0) is 18.1. The number of anilines is 2. The van der Waals surface area contributed by atoms with Crippen LogP contribution in [0.4, 0.5) is 11.5 Å². The van der Waals surface area contributed by atoms with Crippen LogP contribution in [0.5, 0.6) is 0 Å². The standard InChI is InChI=1S/C17H17N5O3/c1-9-4-5-11(16(23)18-3)6-13(9)21-15-14-10(2)12(17(24)25)7-22(14)20-8-19-15/h4-8H,1-3H3,(H,18,23)(H,24,25)(H,19,20,21). The molecule has 3 aromatic rings. The van der Waals surface area contributed by atoms with Gasteiger partial charge >= 0.3 is 5.97 Å². The number of carbonyl (C=O) groups is 2. The van der Waals surface area contributed by atoms with E-state index in [1.807, 2.05) is 13.0 Å². The molecule has 0 aliphatic heterocycles. The van der Waals surface area contributed by atoms with Crippen molar-refractivity contribution >= 4 is 28.9 Å². The molecule has 3 N–H and O–H groups in total. The lowest BCUT2D eigenvalue weighted by atomic mass is 10.1. The van der Waals surface area contributed by atoms with Crippen molar-refractivity contribution < 1.29 is 14.7 Å². The highest BCUT2D eigenvalue weighted by molar-refractivity contribution is 5.96. The fourth-order valence-corrected chi connectivity index (χ4v) is 2.64. The Morgan fingerprint density at radius 2 is 2.00 bits per heavy atom. The first kappa shape index (κ1) is 16.4. The molecule has 3 rings (SSSR count). The SMILES string of the molecule is CNC(=O)c1ccc(C)c(Nc2ncnn3cc(C(=O)O)c(C)c23)c1. The number of amides is 1. The molecular weight excluding hydrogens is 322 g/mol. The number of aryl methyl sites for hydroxylation is 2. The van der Waals surface area contributed by atoms with Crippen molar-refractivity contribution in [3.63, 3.8) is 0 Å². The fraction of sp³-hybridized carbons (Fsp3) is 0.176. The summed E-state index contributed by atoms with van der Waals surface area (Å²) >= 11 is 0. The van der Waals surface area contributed by atoms with E-state index in [0.29, 0.717) is 28.1 Å². The summed E-state index contributed by atoms with van der Waals surface area (Å²) in [5.74, 6) is -0.744. The summed E-state index contributed by atoms with van der Waals surface area (Å²) in [6.45, 7) is 3.61. The third kappa shape index (κ3) is 2.89. The molecule has 0 aliphatic rings. The van der Waals surface area contributed by atoms with Crippen molar-refractivity contribution in [1.29, 1.82) is 0 Å². The number of hydrogen-bond donors (Lipinski definition) is 3. The Balaban J connectivity index is 2.10. The van der Waals surface area contributed by atoms with Crippen molar-refractivity contribution in [3.05, 3.63) is 53.0 Å². The molecule has 2 aromatic heterocycles. The number of aromatic nitrogens is 3. The normalized spacial score (nSPS) is 10.7. The van der Waals surface area contributed by atoms with Crippen LogP contribution in [0, 0.1) is 13.8 Å². The van der Waals surface area contributed by atoms with Gasteiger partial charge < -0.3 is 15.7 Å². The van der Waals surface area contributed by atoms with Crippen LogP contribution in [0.1, 0.15) is 31.8 Å². The van der Waals surface area contributed by atoms with Crippen LogP contribution in [0.25, 0.3) is 5.52 Å². The van der Waals surface area contributed by atoms with E-state index >= 15 is 0 Å². The van der Waals surface area contributed by atoms with Crippen LogP contribution in [0.2, 0.25) is 0 Å². The zero-order valence-electron chi connectivity index (χ0n) is 14.0. The van der Waals surface area contributed by atoms with E-state index in [1.54, 1.807) is 26.1 Å². The molecule has 1 amide bonds. The quantitative estimate of drug-likeness (QED) is 0.672. The summed E-state index contributed by atoms with van der Waals surface area (Å²) in [7, 11) is 1.57. The summed E-state index contributed by atoms with van der Waals surface area (Å²) in [6.07, 6.45) is 2.80. The maximum Gasteiger partial charge on any atom is 0.337 e. The molecule has 0 saturated carbocycles. The van der Waals surface area contributed by atoms with Crippen LogP contribution < -0.4 is 10.6 Å². The molecule has 25 heavy (non-hydrogen) atoms. The Labute approximate surface area is 143 Å². The van der Waals surface area contributed by atoms with Gasteiger partial charge in [-0.25, -0.2) is 14.3 Å². The van der Waals surface area contributed by atoms with E-state index in [2.05, 4.69) is 20.7 Å². The lowest BCUT2D eigenvalue weighted by Crippen LogP contribution is -2.17. The van der Waals surface area contributed by atoms with Crippen molar-refractivity contribution in [2.24, 2.45) is 0 Å². The molecule has 0 atom stereocenters. The van der Waals surface area contributed by atoms with Gasteiger partial charge in [0.25, 0.3) is 5.91 Å². The van der Waals surface area contributed by atoms with E-state index in [9.17, 15) is 14.7 Å². The van der Waals surface area contributed by atoms with Crippen molar-refractivity contribution in [2.75, 3.05) is 12.4 Å². The number of rotatable bonds is 4. The molecule has 0 unspecified atom stereocenters. The Kier molecular flexibility index (Phi) is 4.10. The molecule has 0 aliphatic carbocycles. The molecule has 0 bridgehead atoms. The Morgan fingerprint density at radius 3 is 2.68 bits per heavy atom. The third-order valence-corrected chi connectivity index (χ3v) is 4.04. The highest BCUT2D eigenvalue weighted by atomic mass is 16.4. The first-order valence-corrected chi connectivity index (χ1v) is 7.58. The molecule has 8 heteroatoms. The van der Waals surface area contributed by atoms with Crippen LogP contribution in [-0.4, -0.2) is 38.6 Å². The van der Waals surface area contributed by atoms with Crippen LogP contribution in [0.3, 0.4) is 0 Å². The van der Waals surface area contributed by atoms with Gasteiger partial charge in [-0.15, -0.1) is 0 Å². The van der Waals surface area contributed by atoms with Gasteiger partial charge in [0, 0.05) is 24.5 Å². The second-order valence-corrected chi connectivity index (χ2v) is 5.61. The second kappa shape index (κ2) is 6.23. The number of nitrogens with one attached hydrogen (secondary N) is 2. The lowest BCUT2D eigenvalue weighted by molar-refractivity contribution is 0.0696. The topological polar surface area (TPSA) is 109 Å². The highest BCUT2D eigenvalue weighted by Crippen LogP contribution is 2.27. The van der Waals surface area contributed by atoms with Gasteiger partial charge in [-0.05, 0) is 37.1 Å². The van der Waals surface area contributed by atoms with Crippen molar-refractivity contribution in [1.82, 2.24) is 19.9 Å². The second-order valence-electron chi connectivity index (χ2n) is 5.61. The number of nitrogens with zero attached hydrogens (tertiary/aromatic N) is 3. The molecule has 128 valence electrons. The summed E-state index contributed by atoms with van der Waals surface area (Å²) in [5.41, 5.74) is 3.45. The van der Waals surface area contributed by atoms with E-state index in [4.69, 9.17) is 0 Å². The minimum atomic E-state index is -1.02. The zero-order valence-corrected chi connectivity index (χ0v) is 14.0. The molecule has 0 radical (unpaired) electrons. The Hall–Kier alpha value is -3.42. The molecule has 2 heterocycles. The van der Waals surface area contributed by atoms with Gasteiger partial charge in [0.2, 0.25) is 0 Å². The summed E-state index contributed by atoms with van der Waals surface area (Å²) in [6, 6.07) is 5.29. The number of fused-ring (bicyclic) bond motifs is 1. The fourth-order valence-electron chi connectivity index (χ4n) is 2.64. The first-order chi connectivity index (χ1) is 11.9. The maximum atomic E-state index is 11.8. The van der Waals surface area contributed by atoms with Gasteiger partial charge in [-0.2, -0.15) is 5.10 Å². The number of carboxylic acid groups (broad SMARTS) is 1. The molecule has 1 aromatic carbocycles. The highest BCUT2D eigenvalue weighted by Gasteiger charge is 2.17. The average molecular weight is 339 g/mol. The Morgan fingerprint density at radius 1 is 1.24 bits per heavy atom. The third-order valence-electron chi connectivity index (χ3n) is 4.04. The van der Waals surface area contributed by atoms with Crippen molar-refractivity contribution in [2.45, 2.75) is 13.8 Å². The molecule has 0 saturated heterocycles. The maximum absolute atomic E-state index is 11.8. The van der Waals surface area contributed by atoms with E-state index in [1.165, 1.54) is 17.0 Å². The van der Waals surface area contributed by atoms with Crippen LogP contribution in [0.15, 0.2) is 30.7 Å². The monoisotopic (exact) mass is 339 g/mol. The molecule has 8 nitrogen and oxygen atoms in total.